The number of ether oxygens (including phenoxy) is 1. The largest absolute Gasteiger partial charge is 0.473 e. The van der Waals surface area contributed by atoms with E-state index in [2.05, 4.69) is 14.3 Å². The highest BCUT2D eigenvalue weighted by atomic mass is 32.2. The van der Waals surface area contributed by atoms with E-state index in [4.69, 9.17) is 4.74 Å². The van der Waals surface area contributed by atoms with Gasteiger partial charge in [0.2, 0.25) is 5.88 Å². The second-order valence-electron chi connectivity index (χ2n) is 5.58. The van der Waals surface area contributed by atoms with Gasteiger partial charge in [0.15, 0.2) is 0 Å². The summed E-state index contributed by atoms with van der Waals surface area (Å²) in [6.45, 7) is 1.73. The highest BCUT2D eigenvalue weighted by Crippen LogP contribution is 2.31. The van der Waals surface area contributed by atoms with E-state index in [9.17, 15) is 4.39 Å². The fourth-order valence-electron chi connectivity index (χ4n) is 2.71. The summed E-state index contributed by atoms with van der Waals surface area (Å²) in [6, 6.07) is 8.87. The molecule has 2 aromatic heterocycles. The Morgan fingerprint density at radius 1 is 1.17 bits per heavy atom. The molecule has 124 valence electrons. The molecule has 0 spiro atoms. The molecule has 7 heteroatoms. The highest BCUT2D eigenvalue weighted by Gasteiger charge is 2.23. The van der Waals surface area contributed by atoms with Crippen LogP contribution in [0.3, 0.4) is 0 Å². The zero-order valence-electron chi connectivity index (χ0n) is 12.9. The maximum absolute atomic E-state index is 13.7. The number of aromatic nitrogens is 2. The van der Waals surface area contributed by atoms with Crippen LogP contribution in [-0.4, -0.2) is 33.5 Å². The van der Waals surface area contributed by atoms with Crippen molar-refractivity contribution >= 4 is 33.5 Å². The number of benzene rings is 1. The monoisotopic (exact) mass is 361 g/mol. The van der Waals surface area contributed by atoms with Crippen LogP contribution in [0, 0.1) is 5.82 Å². The first-order chi connectivity index (χ1) is 11.8. The molecule has 0 bridgehead atoms. The lowest BCUT2D eigenvalue weighted by atomic mass is 10.1. The van der Waals surface area contributed by atoms with Gasteiger partial charge in [-0.2, -0.15) is 0 Å². The molecule has 0 saturated carbocycles. The van der Waals surface area contributed by atoms with Gasteiger partial charge in [-0.25, -0.2) is 18.7 Å². The first kappa shape index (κ1) is 15.8. The number of hydrogen-bond donors (Lipinski definition) is 0. The van der Waals surface area contributed by atoms with Gasteiger partial charge in [-0.05, 0) is 48.4 Å². The van der Waals surface area contributed by atoms with E-state index in [0.29, 0.717) is 10.8 Å². The second-order valence-corrected chi connectivity index (χ2v) is 7.64. The van der Waals surface area contributed by atoms with Crippen molar-refractivity contribution in [2.45, 2.75) is 23.8 Å². The van der Waals surface area contributed by atoms with Gasteiger partial charge in [-0.3, -0.25) is 0 Å². The summed E-state index contributed by atoms with van der Waals surface area (Å²) >= 11 is 3.08. The summed E-state index contributed by atoms with van der Waals surface area (Å²) in [5.74, 6) is 0.511. The Balaban J connectivity index is 1.36. The molecule has 4 nitrogen and oxygen atoms in total. The first-order valence-electron chi connectivity index (χ1n) is 7.82. The van der Waals surface area contributed by atoms with E-state index in [1.54, 1.807) is 23.7 Å². The Kier molecular flexibility index (Phi) is 4.64. The number of piperidine rings is 1. The molecule has 24 heavy (non-hydrogen) atoms. The van der Waals surface area contributed by atoms with Crippen molar-refractivity contribution in [3.63, 3.8) is 0 Å². The van der Waals surface area contributed by atoms with Gasteiger partial charge < -0.3 is 4.74 Å². The summed E-state index contributed by atoms with van der Waals surface area (Å²) in [4.78, 5) is 9.19. The molecule has 3 heterocycles. The van der Waals surface area contributed by atoms with E-state index in [0.717, 1.165) is 36.1 Å². The van der Waals surface area contributed by atoms with E-state index < -0.39 is 0 Å². The summed E-state index contributed by atoms with van der Waals surface area (Å²) in [7, 11) is 0. The summed E-state index contributed by atoms with van der Waals surface area (Å²) < 4.78 is 23.0. The van der Waals surface area contributed by atoms with Crippen LogP contribution in [0.1, 0.15) is 12.8 Å². The first-order valence-corrected chi connectivity index (χ1v) is 9.47. The van der Waals surface area contributed by atoms with Crippen molar-refractivity contribution in [2.75, 3.05) is 13.1 Å². The van der Waals surface area contributed by atoms with E-state index in [1.807, 2.05) is 23.6 Å². The van der Waals surface area contributed by atoms with Crippen LogP contribution in [0.15, 0.2) is 46.9 Å². The predicted octanol–water partition coefficient (Wildman–Crippen LogP) is 4.38. The van der Waals surface area contributed by atoms with E-state index >= 15 is 0 Å². The third-order valence-corrected chi connectivity index (χ3v) is 6.00. The van der Waals surface area contributed by atoms with Crippen LogP contribution in [0.4, 0.5) is 4.39 Å². The highest BCUT2D eigenvalue weighted by molar-refractivity contribution is 7.97. The van der Waals surface area contributed by atoms with Crippen molar-refractivity contribution in [2.24, 2.45) is 0 Å². The van der Waals surface area contributed by atoms with E-state index in [1.165, 1.54) is 18.0 Å². The smallest absolute Gasteiger partial charge is 0.235 e. The molecule has 1 saturated heterocycles. The van der Waals surface area contributed by atoms with Crippen molar-refractivity contribution in [3.8, 4) is 5.88 Å². The predicted molar refractivity (Wildman–Crippen MR) is 94.9 cm³/mol. The molecular weight excluding hydrogens is 345 g/mol. The van der Waals surface area contributed by atoms with Gasteiger partial charge in [0, 0.05) is 13.1 Å². The van der Waals surface area contributed by atoms with Crippen LogP contribution >= 0.6 is 23.3 Å². The third-order valence-electron chi connectivity index (χ3n) is 3.95. The number of thiophene rings is 1. The molecule has 1 aliphatic rings. The van der Waals surface area contributed by atoms with Crippen molar-refractivity contribution in [3.05, 3.63) is 47.9 Å². The Bertz CT molecular complexity index is 833. The van der Waals surface area contributed by atoms with Crippen LogP contribution in [0.25, 0.3) is 10.2 Å². The van der Waals surface area contributed by atoms with Gasteiger partial charge in [-0.1, -0.05) is 12.1 Å². The number of halogens is 1. The molecule has 0 aliphatic carbocycles. The average molecular weight is 361 g/mol. The molecule has 0 unspecified atom stereocenters. The molecule has 0 amide bonds. The molecule has 3 aromatic rings. The lowest BCUT2D eigenvalue weighted by Gasteiger charge is -2.30. The zero-order valence-corrected chi connectivity index (χ0v) is 14.5. The van der Waals surface area contributed by atoms with Crippen LogP contribution in [0.5, 0.6) is 5.88 Å². The van der Waals surface area contributed by atoms with Crippen molar-refractivity contribution < 1.29 is 9.13 Å². The Morgan fingerprint density at radius 3 is 2.83 bits per heavy atom. The van der Waals surface area contributed by atoms with Gasteiger partial charge in [0.1, 0.15) is 22.9 Å². The minimum absolute atomic E-state index is 0.141. The number of nitrogens with zero attached hydrogens (tertiary/aromatic N) is 3. The van der Waals surface area contributed by atoms with Crippen molar-refractivity contribution in [1.82, 2.24) is 14.3 Å². The molecule has 1 aromatic carbocycles. The van der Waals surface area contributed by atoms with Gasteiger partial charge >= 0.3 is 0 Å². The van der Waals surface area contributed by atoms with E-state index in [-0.39, 0.29) is 11.9 Å². The van der Waals surface area contributed by atoms with Gasteiger partial charge in [-0.15, -0.1) is 11.3 Å². The quantitative estimate of drug-likeness (QED) is 0.645. The second kappa shape index (κ2) is 7.04. The fourth-order valence-corrected chi connectivity index (χ4v) is 4.45. The van der Waals surface area contributed by atoms with Crippen LogP contribution in [0.2, 0.25) is 0 Å². The number of fused-ring (bicyclic) bond motifs is 1. The Morgan fingerprint density at radius 2 is 2.00 bits per heavy atom. The lowest BCUT2D eigenvalue weighted by Crippen LogP contribution is -2.34. The zero-order chi connectivity index (χ0) is 16.4. The minimum atomic E-state index is -0.165. The molecule has 4 rings (SSSR count). The molecular formula is C17H16FN3OS2. The lowest BCUT2D eigenvalue weighted by molar-refractivity contribution is 0.135. The van der Waals surface area contributed by atoms with Crippen molar-refractivity contribution in [1.29, 1.82) is 0 Å². The minimum Gasteiger partial charge on any atom is -0.473 e. The molecule has 0 radical (unpaired) electrons. The maximum atomic E-state index is 13.7. The summed E-state index contributed by atoms with van der Waals surface area (Å²) in [5, 5.41) is 2.00. The standard InChI is InChI=1S/C17H16FN3OS2/c18-13-3-1-2-4-15(13)24-21-8-5-12(6-9-21)22-17-16-14(7-10-23-16)19-11-20-17/h1-4,7,10-12H,5-6,8-9H2. The number of hydrogen-bond acceptors (Lipinski definition) is 6. The third kappa shape index (κ3) is 3.38. The summed E-state index contributed by atoms with van der Waals surface area (Å²) in [6.07, 6.45) is 3.49. The molecule has 1 aliphatic heterocycles. The maximum Gasteiger partial charge on any atom is 0.235 e. The van der Waals surface area contributed by atoms with Crippen LogP contribution < -0.4 is 4.74 Å². The normalized spacial score (nSPS) is 16.5. The fraction of sp³-hybridized carbons (Fsp3) is 0.294. The molecule has 1 fully saturated rings. The average Bonchev–Trinajstić information content (AvgIpc) is 3.08. The molecule has 0 N–H and O–H groups in total. The van der Waals surface area contributed by atoms with Gasteiger partial charge in [0.05, 0.1) is 10.4 Å². The molecule has 0 atom stereocenters. The Hall–Kier alpha value is -1.70. The summed E-state index contributed by atoms with van der Waals surface area (Å²) in [5.41, 5.74) is 0.928. The SMILES string of the molecule is Fc1ccccc1SN1CCC(Oc2ncnc3ccsc23)CC1. The Labute approximate surface area is 147 Å². The van der Waals surface area contributed by atoms with Gasteiger partial charge in [0.25, 0.3) is 0 Å². The number of rotatable bonds is 4. The van der Waals surface area contributed by atoms with Crippen LogP contribution in [-0.2, 0) is 0 Å². The topological polar surface area (TPSA) is 38.2 Å².